The molecule has 1 unspecified atom stereocenters. The number of methoxy groups -OCH3 is 1. The van der Waals surface area contributed by atoms with Gasteiger partial charge in [0.25, 0.3) is 0 Å². The molecule has 1 rings (SSSR count). The summed E-state index contributed by atoms with van der Waals surface area (Å²) in [6.45, 7) is 7.55. The average molecular weight is 296 g/mol. The number of aliphatic hydroxyl groups is 1. The lowest BCUT2D eigenvalue weighted by Crippen LogP contribution is -2.39. The van der Waals surface area contributed by atoms with Crippen LogP contribution >= 0.6 is 0 Å². The summed E-state index contributed by atoms with van der Waals surface area (Å²) in [5.41, 5.74) is 6.35. The number of anilines is 1. The fourth-order valence-electron chi connectivity index (χ4n) is 2.14. The maximum atomic E-state index is 10.1. The summed E-state index contributed by atoms with van der Waals surface area (Å²) < 4.78 is 10.7. The summed E-state index contributed by atoms with van der Waals surface area (Å²) in [5.74, 6) is 1.23. The highest BCUT2D eigenvalue weighted by Crippen LogP contribution is 2.14. The van der Waals surface area contributed by atoms with Gasteiger partial charge in [-0.3, -0.25) is 4.90 Å². The predicted octanol–water partition coefficient (Wildman–Crippen LogP) is 1.61. The molecule has 0 fully saturated rings. The minimum atomic E-state index is -0.540. The molecule has 0 spiro atoms. The molecule has 0 saturated carbocycles. The van der Waals surface area contributed by atoms with Crippen molar-refractivity contribution in [3.8, 4) is 5.75 Å². The van der Waals surface area contributed by atoms with E-state index < -0.39 is 6.10 Å². The molecule has 0 aliphatic heterocycles. The van der Waals surface area contributed by atoms with E-state index in [4.69, 9.17) is 15.2 Å². The Morgan fingerprint density at radius 2 is 2.05 bits per heavy atom. The summed E-state index contributed by atoms with van der Waals surface area (Å²) in [7, 11) is 1.69. The van der Waals surface area contributed by atoms with Crippen molar-refractivity contribution >= 4 is 5.69 Å². The molecule has 120 valence electrons. The second-order valence-electron chi connectivity index (χ2n) is 5.68. The van der Waals surface area contributed by atoms with E-state index in [9.17, 15) is 5.11 Å². The van der Waals surface area contributed by atoms with Crippen LogP contribution in [0.2, 0.25) is 0 Å². The zero-order valence-electron chi connectivity index (χ0n) is 13.3. The van der Waals surface area contributed by atoms with Gasteiger partial charge in [-0.2, -0.15) is 0 Å². The molecule has 5 nitrogen and oxygen atoms in total. The number of nitrogen functional groups attached to an aromatic ring is 1. The lowest BCUT2D eigenvalue weighted by Gasteiger charge is -2.26. The van der Waals surface area contributed by atoms with Crippen LogP contribution in [0.15, 0.2) is 24.3 Å². The first-order chi connectivity index (χ1) is 10.0. The lowest BCUT2D eigenvalue weighted by atomic mass is 10.2. The van der Waals surface area contributed by atoms with E-state index in [0.29, 0.717) is 30.5 Å². The average Bonchev–Trinajstić information content (AvgIpc) is 2.42. The summed E-state index contributed by atoms with van der Waals surface area (Å²) >= 11 is 0. The Morgan fingerprint density at radius 1 is 1.29 bits per heavy atom. The van der Waals surface area contributed by atoms with E-state index in [0.717, 1.165) is 13.1 Å². The molecule has 1 aromatic rings. The van der Waals surface area contributed by atoms with Gasteiger partial charge in [0.15, 0.2) is 0 Å². The van der Waals surface area contributed by atoms with Crippen molar-refractivity contribution in [3.63, 3.8) is 0 Å². The van der Waals surface area contributed by atoms with Gasteiger partial charge in [0, 0.05) is 38.5 Å². The zero-order chi connectivity index (χ0) is 15.7. The van der Waals surface area contributed by atoms with Crippen molar-refractivity contribution < 1.29 is 14.6 Å². The van der Waals surface area contributed by atoms with Crippen LogP contribution in [0.1, 0.15) is 13.8 Å². The van der Waals surface area contributed by atoms with Crippen LogP contribution in [0.4, 0.5) is 5.69 Å². The Morgan fingerprint density at radius 3 is 2.67 bits per heavy atom. The molecular weight excluding hydrogens is 268 g/mol. The Labute approximate surface area is 127 Å². The fourth-order valence-corrected chi connectivity index (χ4v) is 2.14. The standard InChI is InChI=1S/C16H28N2O3/c1-13(2)10-18(7-8-20-3)11-15(19)12-21-16-6-4-5-14(17)9-16/h4-6,9,13,15,19H,7-8,10-12,17H2,1-3H3. The second-order valence-corrected chi connectivity index (χ2v) is 5.68. The highest BCUT2D eigenvalue weighted by atomic mass is 16.5. The third-order valence-corrected chi connectivity index (χ3v) is 3.00. The number of rotatable bonds is 10. The number of aliphatic hydroxyl groups excluding tert-OH is 1. The summed E-state index contributed by atoms with van der Waals surface area (Å²) in [6.07, 6.45) is -0.540. The molecule has 5 heteroatoms. The minimum Gasteiger partial charge on any atom is -0.491 e. The molecule has 0 aromatic heterocycles. The van der Waals surface area contributed by atoms with Gasteiger partial charge in [-0.05, 0) is 18.1 Å². The third-order valence-electron chi connectivity index (χ3n) is 3.00. The van der Waals surface area contributed by atoms with Gasteiger partial charge in [0.1, 0.15) is 18.5 Å². The van der Waals surface area contributed by atoms with Gasteiger partial charge in [0.05, 0.1) is 6.61 Å². The Balaban J connectivity index is 2.39. The van der Waals surface area contributed by atoms with Gasteiger partial charge in [-0.25, -0.2) is 0 Å². The molecule has 0 saturated heterocycles. The first kappa shape index (κ1) is 17.8. The minimum absolute atomic E-state index is 0.255. The number of benzene rings is 1. The maximum absolute atomic E-state index is 10.1. The highest BCUT2D eigenvalue weighted by molar-refractivity contribution is 5.43. The van der Waals surface area contributed by atoms with E-state index in [1.807, 2.05) is 12.1 Å². The largest absolute Gasteiger partial charge is 0.491 e. The van der Waals surface area contributed by atoms with Crippen molar-refractivity contribution in [1.29, 1.82) is 0 Å². The summed E-state index contributed by atoms with van der Waals surface area (Å²) in [6, 6.07) is 7.22. The van der Waals surface area contributed by atoms with Crippen molar-refractivity contribution in [2.45, 2.75) is 20.0 Å². The predicted molar refractivity (Wildman–Crippen MR) is 85.5 cm³/mol. The van der Waals surface area contributed by atoms with E-state index in [1.165, 1.54) is 0 Å². The first-order valence-corrected chi connectivity index (χ1v) is 7.39. The van der Waals surface area contributed by atoms with Crippen LogP contribution in [0.25, 0.3) is 0 Å². The van der Waals surface area contributed by atoms with Crippen LogP contribution in [-0.2, 0) is 4.74 Å². The smallest absolute Gasteiger partial charge is 0.121 e. The van der Waals surface area contributed by atoms with Crippen molar-refractivity contribution in [3.05, 3.63) is 24.3 Å². The van der Waals surface area contributed by atoms with Gasteiger partial charge in [-0.15, -0.1) is 0 Å². The number of hydrogen-bond donors (Lipinski definition) is 2. The molecule has 0 radical (unpaired) electrons. The molecule has 0 bridgehead atoms. The fraction of sp³-hybridized carbons (Fsp3) is 0.625. The molecule has 0 aliphatic rings. The monoisotopic (exact) mass is 296 g/mol. The molecule has 3 N–H and O–H groups in total. The lowest BCUT2D eigenvalue weighted by molar-refractivity contribution is 0.0529. The zero-order valence-corrected chi connectivity index (χ0v) is 13.3. The van der Waals surface area contributed by atoms with Crippen LogP contribution < -0.4 is 10.5 Å². The van der Waals surface area contributed by atoms with Gasteiger partial charge in [-0.1, -0.05) is 19.9 Å². The van der Waals surface area contributed by atoms with Crippen LogP contribution in [0.5, 0.6) is 5.75 Å². The van der Waals surface area contributed by atoms with E-state index >= 15 is 0 Å². The molecule has 1 aromatic carbocycles. The molecular formula is C16H28N2O3. The van der Waals surface area contributed by atoms with Crippen molar-refractivity contribution in [1.82, 2.24) is 4.90 Å². The van der Waals surface area contributed by atoms with E-state index in [2.05, 4.69) is 18.7 Å². The second kappa shape index (κ2) is 9.60. The quantitative estimate of drug-likeness (QED) is 0.642. The number of nitrogens with zero attached hydrogens (tertiary/aromatic N) is 1. The summed E-state index contributed by atoms with van der Waals surface area (Å²) in [4.78, 5) is 2.20. The Bertz CT molecular complexity index is 399. The van der Waals surface area contributed by atoms with Gasteiger partial charge < -0.3 is 20.3 Å². The first-order valence-electron chi connectivity index (χ1n) is 7.39. The topological polar surface area (TPSA) is 68.0 Å². The van der Waals surface area contributed by atoms with Crippen LogP contribution in [0, 0.1) is 5.92 Å². The molecule has 0 amide bonds. The number of ether oxygens (including phenoxy) is 2. The molecule has 21 heavy (non-hydrogen) atoms. The van der Waals surface area contributed by atoms with E-state index in [-0.39, 0.29) is 6.61 Å². The Kier molecular flexibility index (Phi) is 8.12. The number of hydrogen-bond acceptors (Lipinski definition) is 5. The third kappa shape index (κ3) is 7.90. The van der Waals surface area contributed by atoms with Crippen molar-refractivity contribution in [2.75, 3.05) is 45.7 Å². The highest BCUT2D eigenvalue weighted by Gasteiger charge is 2.13. The Hall–Kier alpha value is -1.30. The van der Waals surface area contributed by atoms with Gasteiger partial charge in [0.2, 0.25) is 0 Å². The summed E-state index contributed by atoms with van der Waals surface area (Å²) in [5, 5.41) is 10.1. The van der Waals surface area contributed by atoms with Crippen LogP contribution in [-0.4, -0.2) is 56.1 Å². The SMILES string of the molecule is COCCN(CC(C)C)CC(O)COc1cccc(N)c1. The van der Waals surface area contributed by atoms with E-state index in [1.54, 1.807) is 19.2 Å². The maximum Gasteiger partial charge on any atom is 0.121 e. The van der Waals surface area contributed by atoms with Gasteiger partial charge >= 0.3 is 0 Å². The van der Waals surface area contributed by atoms with Crippen molar-refractivity contribution in [2.24, 2.45) is 5.92 Å². The van der Waals surface area contributed by atoms with Crippen LogP contribution in [0.3, 0.4) is 0 Å². The molecule has 1 atom stereocenters. The number of nitrogens with two attached hydrogens (primary N) is 1. The normalized spacial score (nSPS) is 12.9. The molecule has 0 aliphatic carbocycles. The molecule has 0 heterocycles.